The zero-order valence-corrected chi connectivity index (χ0v) is 34.2. The Morgan fingerprint density at radius 3 is 1.45 bits per heavy atom. The van der Waals surface area contributed by atoms with E-state index >= 15 is 0 Å². The quantitative estimate of drug-likeness (QED) is 0.0957. The van der Waals surface area contributed by atoms with Crippen molar-refractivity contribution in [1.29, 1.82) is 0 Å². The van der Waals surface area contributed by atoms with Crippen molar-refractivity contribution in [3.05, 3.63) is 84.9 Å². The van der Waals surface area contributed by atoms with E-state index in [1.807, 2.05) is 74.6 Å². The summed E-state index contributed by atoms with van der Waals surface area (Å²) in [6.07, 6.45) is 0. The Balaban J connectivity index is 1.26. The number of rotatable bonds is 4. The molecule has 0 saturated heterocycles. The first-order chi connectivity index (χ1) is 29.8. The van der Waals surface area contributed by atoms with Gasteiger partial charge in [0.25, 0.3) is 0 Å². The highest BCUT2D eigenvalue weighted by atomic mass is 32.1. The first-order valence-corrected chi connectivity index (χ1v) is 20.4. The minimum Gasteiger partial charge on any atom is -0.508 e. The molecule has 0 fully saturated rings. The summed E-state index contributed by atoms with van der Waals surface area (Å²) in [5.41, 5.74) is 5.47. The average molecular weight is 830 g/mol. The topological polar surface area (TPSA) is 205 Å². The van der Waals surface area contributed by atoms with E-state index in [1.54, 1.807) is 46.1 Å². The molecule has 0 radical (unpaired) electrons. The van der Waals surface area contributed by atoms with Crippen molar-refractivity contribution in [2.45, 2.75) is 0 Å². The second kappa shape index (κ2) is 12.9. The fourth-order valence-electron chi connectivity index (χ4n) is 9.32. The maximum absolute atomic E-state index is 12.7. The van der Waals surface area contributed by atoms with E-state index in [0.29, 0.717) is 92.5 Å². The van der Waals surface area contributed by atoms with E-state index in [2.05, 4.69) is 0 Å². The molecular weight excluding hydrogens is 800 g/mol. The number of thiophene rings is 1. The molecule has 8 N–H and O–H groups in total. The Morgan fingerprint density at radius 2 is 0.855 bits per heavy atom. The van der Waals surface area contributed by atoms with Crippen LogP contribution in [0.1, 0.15) is 0 Å². The van der Waals surface area contributed by atoms with Crippen LogP contribution in [0, 0.1) is 0 Å². The Bertz CT molecular complexity index is 3730. The SMILES string of the molecule is Bc1c(O)c(O)c(O)c2c1sc1c2c(B)c2c3c(O)c(-c4cccc(-c5nc(-c6ccccc6)nc(-c6ccccc6)n5)c4)c(O)c(B)c3n3c4c(B)c(O)c(O)c(O)c4c1c23. The molecule has 0 bridgehead atoms. The van der Waals surface area contributed by atoms with Crippen LogP contribution in [0.25, 0.3) is 104 Å². The number of phenolic OH excluding ortho intramolecular Hbond substituents is 8. The second-order valence-corrected chi connectivity index (χ2v) is 16.7. The molecular formula is C45H30B4N4O8S. The summed E-state index contributed by atoms with van der Waals surface area (Å²) in [4.78, 5) is 14.6. The summed E-state index contributed by atoms with van der Waals surface area (Å²) < 4.78 is 2.80. The Hall–Kier alpha value is -7.77. The van der Waals surface area contributed by atoms with Crippen LogP contribution in [-0.4, -0.2) is 91.6 Å². The lowest BCUT2D eigenvalue weighted by Gasteiger charge is -2.16. The molecule has 0 aliphatic heterocycles. The van der Waals surface area contributed by atoms with Crippen LogP contribution in [0.5, 0.6) is 46.0 Å². The second-order valence-electron chi connectivity index (χ2n) is 15.7. The fraction of sp³-hybridized carbons (Fsp3) is 0. The summed E-state index contributed by atoms with van der Waals surface area (Å²) in [6, 6.07) is 26.3. The molecule has 0 aliphatic rings. The maximum Gasteiger partial charge on any atom is 0.200 e. The van der Waals surface area contributed by atoms with Gasteiger partial charge in [-0.2, -0.15) is 0 Å². The normalized spacial score (nSPS) is 12.0. The van der Waals surface area contributed by atoms with Crippen molar-refractivity contribution < 1.29 is 40.9 Å². The molecule has 12 nitrogen and oxygen atoms in total. The minimum absolute atomic E-state index is 0.128. The number of benzene rings is 7. The summed E-state index contributed by atoms with van der Waals surface area (Å²) >= 11 is 1.22. The van der Waals surface area contributed by atoms with Gasteiger partial charge in [0, 0.05) is 47.6 Å². The van der Waals surface area contributed by atoms with E-state index in [1.165, 1.54) is 11.3 Å². The molecule has 11 rings (SSSR count). The van der Waals surface area contributed by atoms with Crippen LogP contribution in [0.2, 0.25) is 0 Å². The van der Waals surface area contributed by atoms with Gasteiger partial charge in [-0.3, -0.25) is 0 Å². The van der Waals surface area contributed by atoms with Crippen molar-refractivity contribution in [1.82, 2.24) is 19.4 Å². The number of phenols is 8. The smallest absolute Gasteiger partial charge is 0.200 e. The van der Waals surface area contributed by atoms with Gasteiger partial charge in [0.05, 0.1) is 27.5 Å². The van der Waals surface area contributed by atoms with Gasteiger partial charge in [0.15, 0.2) is 52.0 Å². The van der Waals surface area contributed by atoms with Crippen molar-refractivity contribution in [3.8, 4) is 91.3 Å². The molecule has 4 heterocycles. The van der Waals surface area contributed by atoms with Crippen LogP contribution in [0.4, 0.5) is 0 Å². The number of fused-ring (bicyclic) bond motifs is 10. The van der Waals surface area contributed by atoms with Gasteiger partial charge in [-0.1, -0.05) is 84.3 Å². The third kappa shape index (κ3) is 4.73. The van der Waals surface area contributed by atoms with Gasteiger partial charge >= 0.3 is 0 Å². The average Bonchev–Trinajstić information content (AvgIpc) is 3.98. The molecule has 0 aliphatic carbocycles. The summed E-state index contributed by atoms with van der Waals surface area (Å²) in [5.74, 6) is -2.74. The Morgan fingerprint density at radius 1 is 0.371 bits per heavy atom. The predicted molar refractivity (Wildman–Crippen MR) is 255 cm³/mol. The van der Waals surface area contributed by atoms with Gasteiger partial charge in [0.2, 0.25) is 0 Å². The molecule has 0 saturated carbocycles. The molecule has 4 aromatic heterocycles. The molecule has 296 valence electrons. The molecule has 0 unspecified atom stereocenters. The van der Waals surface area contributed by atoms with Crippen molar-refractivity contribution in [2.24, 2.45) is 0 Å². The third-order valence-corrected chi connectivity index (χ3v) is 13.6. The first kappa shape index (κ1) is 37.2. The number of aromatic hydroxyl groups is 8. The fourth-order valence-corrected chi connectivity index (χ4v) is 10.7. The van der Waals surface area contributed by atoms with Gasteiger partial charge in [-0.05, 0) is 33.4 Å². The van der Waals surface area contributed by atoms with E-state index < -0.39 is 34.5 Å². The highest BCUT2D eigenvalue weighted by molar-refractivity contribution is 7.28. The lowest BCUT2D eigenvalue weighted by molar-refractivity contribution is 0.373. The van der Waals surface area contributed by atoms with E-state index in [-0.39, 0.29) is 33.3 Å². The molecule has 11 aromatic rings. The molecule has 0 amide bonds. The number of aromatic nitrogens is 4. The predicted octanol–water partition coefficient (Wildman–Crippen LogP) is 2.74. The zero-order valence-electron chi connectivity index (χ0n) is 33.4. The molecule has 0 atom stereocenters. The van der Waals surface area contributed by atoms with Crippen LogP contribution in [0.3, 0.4) is 0 Å². The minimum atomic E-state index is -0.719. The van der Waals surface area contributed by atoms with Crippen LogP contribution in [-0.2, 0) is 0 Å². The summed E-state index contributed by atoms with van der Waals surface area (Å²) in [5, 5.41) is 94.1. The Kier molecular flexibility index (Phi) is 7.73. The van der Waals surface area contributed by atoms with E-state index in [4.69, 9.17) is 15.0 Å². The standard InChI is InChI=1S/C45H30B4N4O8S/c46-26-20-22-31(53-30(20)24(23-32(53)28(48)37(58)39(60)35(23)56)41-21(26)25-36(57)40(61)38(59)29(49)42(25)62-41)27(47)34(55)19(33(22)54)17-12-7-13-18(14-17)45-51-43(15-8-3-1-4-9-15)50-44(52-45)16-10-5-2-6-11-16/h1-14,54-61H,46-49H2. The number of nitrogens with zero attached hydrogens (tertiary/aromatic N) is 4. The number of hydrogen-bond donors (Lipinski definition) is 8. The van der Waals surface area contributed by atoms with Crippen molar-refractivity contribution in [2.75, 3.05) is 0 Å². The number of hydrogen-bond acceptors (Lipinski definition) is 12. The van der Waals surface area contributed by atoms with Gasteiger partial charge in [-0.25, -0.2) is 15.0 Å². The monoisotopic (exact) mass is 830 g/mol. The molecule has 62 heavy (non-hydrogen) atoms. The Labute approximate surface area is 357 Å². The third-order valence-electron chi connectivity index (χ3n) is 12.3. The molecule has 7 aromatic carbocycles. The lowest BCUT2D eigenvalue weighted by Crippen LogP contribution is -2.12. The van der Waals surface area contributed by atoms with Crippen molar-refractivity contribution in [3.63, 3.8) is 0 Å². The van der Waals surface area contributed by atoms with Gasteiger partial charge in [0.1, 0.15) is 42.9 Å². The maximum atomic E-state index is 12.7. The molecule has 17 heteroatoms. The highest BCUT2D eigenvalue weighted by Gasteiger charge is 2.34. The van der Waals surface area contributed by atoms with Gasteiger partial charge in [-0.15, -0.1) is 11.3 Å². The first-order valence-electron chi connectivity index (χ1n) is 19.6. The van der Waals surface area contributed by atoms with Gasteiger partial charge < -0.3 is 45.3 Å². The highest BCUT2D eigenvalue weighted by Crippen LogP contribution is 2.55. The van der Waals surface area contributed by atoms with Crippen LogP contribution < -0.4 is 21.9 Å². The largest absolute Gasteiger partial charge is 0.508 e. The van der Waals surface area contributed by atoms with Crippen molar-refractivity contribution >= 4 is 123 Å². The van der Waals surface area contributed by atoms with Crippen LogP contribution >= 0.6 is 11.3 Å². The van der Waals surface area contributed by atoms with Crippen LogP contribution in [0.15, 0.2) is 84.9 Å². The summed E-state index contributed by atoms with van der Waals surface area (Å²) in [7, 11) is 6.75. The summed E-state index contributed by atoms with van der Waals surface area (Å²) in [6.45, 7) is 0. The van der Waals surface area contributed by atoms with E-state index in [9.17, 15) is 40.9 Å². The van der Waals surface area contributed by atoms with E-state index in [0.717, 1.165) is 11.1 Å². The zero-order chi connectivity index (χ0) is 43.2. The molecule has 0 spiro atoms. The lowest BCUT2D eigenvalue weighted by atomic mass is 9.81.